The molecule has 0 spiro atoms. The molecule has 0 unspecified atom stereocenters. The second kappa shape index (κ2) is 4.42. The first kappa shape index (κ1) is 12.6. The van der Waals surface area contributed by atoms with Gasteiger partial charge in [-0.3, -0.25) is 5.10 Å². The molecule has 0 amide bonds. The van der Waals surface area contributed by atoms with Gasteiger partial charge in [0.1, 0.15) is 11.0 Å². The summed E-state index contributed by atoms with van der Waals surface area (Å²) in [5, 5.41) is 7.58. The van der Waals surface area contributed by atoms with Crippen LogP contribution in [0.3, 0.4) is 0 Å². The van der Waals surface area contributed by atoms with E-state index in [0.29, 0.717) is 16.7 Å². The summed E-state index contributed by atoms with van der Waals surface area (Å²) in [6, 6.07) is 10.1. The zero-order valence-electron chi connectivity index (χ0n) is 11.5. The number of aromatic nitrogens is 2. The quantitative estimate of drug-likeness (QED) is 0.430. The third kappa shape index (κ3) is 1.77. The minimum absolute atomic E-state index is 0.217. The normalized spacial score (nSPS) is 11.3. The Hall–Kier alpha value is -3.15. The standard InChI is InChI=1S/C16H10N2O4/c1-8-6-12(18-17-8)10-7-11-14(22-15(10)19)9-4-2-3-5-13(9)21-16(11)20/h2-7H,1H3,(H,17,18). The largest absolute Gasteiger partial charge is 0.422 e. The van der Waals surface area contributed by atoms with Gasteiger partial charge in [0.15, 0.2) is 5.58 Å². The topological polar surface area (TPSA) is 89.1 Å². The minimum atomic E-state index is -0.550. The molecule has 0 atom stereocenters. The molecule has 0 fully saturated rings. The second-order valence-electron chi connectivity index (χ2n) is 5.01. The van der Waals surface area contributed by atoms with Crippen LogP contribution in [0.25, 0.3) is 33.2 Å². The van der Waals surface area contributed by atoms with E-state index in [1.165, 1.54) is 6.07 Å². The van der Waals surface area contributed by atoms with E-state index in [2.05, 4.69) is 10.2 Å². The highest BCUT2D eigenvalue weighted by molar-refractivity contribution is 6.00. The highest BCUT2D eigenvalue weighted by Crippen LogP contribution is 2.24. The van der Waals surface area contributed by atoms with Crippen LogP contribution in [-0.4, -0.2) is 10.2 Å². The predicted molar refractivity (Wildman–Crippen MR) is 80.8 cm³/mol. The zero-order chi connectivity index (χ0) is 15.3. The molecule has 1 aromatic carbocycles. The van der Waals surface area contributed by atoms with E-state index in [0.717, 1.165) is 5.69 Å². The van der Waals surface area contributed by atoms with Gasteiger partial charge in [-0.05, 0) is 31.2 Å². The Morgan fingerprint density at radius 2 is 1.82 bits per heavy atom. The van der Waals surface area contributed by atoms with Crippen LogP contribution in [0.4, 0.5) is 0 Å². The number of para-hydroxylation sites is 1. The molecule has 4 aromatic rings. The van der Waals surface area contributed by atoms with E-state index >= 15 is 0 Å². The van der Waals surface area contributed by atoms with E-state index < -0.39 is 11.3 Å². The van der Waals surface area contributed by atoms with Crippen LogP contribution in [0.2, 0.25) is 0 Å². The first-order valence-corrected chi connectivity index (χ1v) is 6.65. The Kier molecular flexibility index (Phi) is 2.53. The third-order valence-corrected chi connectivity index (χ3v) is 3.48. The summed E-state index contributed by atoms with van der Waals surface area (Å²) in [4.78, 5) is 24.4. The summed E-state index contributed by atoms with van der Waals surface area (Å²) in [7, 11) is 0. The number of nitrogens with zero attached hydrogens (tertiary/aromatic N) is 1. The number of H-pyrrole nitrogens is 1. The molecule has 0 aliphatic heterocycles. The molecule has 0 radical (unpaired) electrons. The van der Waals surface area contributed by atoms with Crippen LogP contribution in [0.5, 0.6) is 0 Å². The predicted octanol–water partition coefficient (Wildman–Crippen LogP) is 2.60. The average molecular weight is 294 g/mol. The van der Waals surface area contributed by atoms with Crippen LogP contribution in [0, 0.1) is 6.92 Å². The van der Waals surface area contributed by atoms with E-state index in [1.807, 2.05) is 6.92 Å². The average Bonchev–Trinajstić information content (AvgIpc) is 2.93. The molecule has 0 aliphatic rings. The van der Waals surface area contributed by atoms with Crippen molar-refractivity contribution in [2.75, 3.05) is 0 Å². The summed E-state index contributed by atoms with van der Waals surface area (Å²) in [5.74, 6) is 0. The van der Waals surface area contributed by atoms with Crippen molar-refractivity contribution in [2.24, 2.45) is 0 Å². The molecule has 3 heterocycles. The summed E-state index contributed by atoms with van der Waals surface area (Å²) in [6.45, 7) is 1.82. The Labute approximate surface area is 123 Å². The van der Waals surface area contributed by atoms with Crippen molar-refractivity contribution in [3.8, 4) is 11.3 Å². The van der Waals surface area contributed by atoms with Gasteiger partial charge in [-0.2, -0.15) is 5.10 Å². The lowest BCUT2D eigenvalue weighted by molar-refractivity contribution is 0.544. The Bertz CT molecular complexity index is 1130. The van der Waals surface area contributed by atoms with Gasteiger partial charge in [-0.15, -0.1) is 0 Å². The maximum Gasteiger partial charge on any atom is 0.347 e. The van der Waals surface area contributed by atoms with Crippen molar-refractivity contribution < 1.29 is 8.83 Å². The van der Waals surface area contributed by atoms with Crippen molar-refractivity contribution in [1.82, 2.24) is 10.2 Å². The minimum Gasteiger partial charge on any atom is -0.422 e. The Morgan fingerprint density at radius 3 is 2.59 bits per heavy atom. The monoisotopic (exact) mass is 294 g/mol. The SMILES string of the molecule is Cc1cc(-c2cc3c(=O)oc4ccccc4c3oc2=O)n[nH]1. The first-order valence-electron chi connectivity index (χ1n) is 6.65. The van der Waals surface area contributed by atoms with Gasteiger partial charge in [0.25, 0.3) is 0 Å². The molecule has 1 N–H and O–H groups in total. The number of nitrogens with one attached hydrogen (secondary N) is 1. The molecule has 6 heteroatoms. The van der Waals surface area contributed by atoms with E-state index in [-0.39, 0.29) is 16.5 Å². The molecule has 108 valence electrons. The van der Waals surface area contributed by atoms with Crippen molar-refractivity contribution in [1.29, 1.82) is 0 Å². The fraction of sp³-hybridized carbons (Fsp3) is 0.0625. The number of aromatic amines is 1. The van der Waals surface area contributed by atoms with Gasteiger partial charge in [-0.25, -0.2) is 9.59 Å². The molecule has 6 nitrogen and oxygen atoms in total. The summed E-state index contributed by atoms with van der Waals surface area (Å²) in [5.41, 5.74) is 0.972. The highest BCUT2D eigenvalue weighted by atomic mass is 16.4. The van der Waals surface area contributed by atoms with Gasteiger partial charge in [0.2, 0.25) is 0 Å². The molecule has 3 aromatic heterocycles. The molecule has 0 aliphatic carbocycles. The summed E-state index contributed by atoms with van der Waals surface area (Å²) >= 11 is 0. The Morgan fingerprint density at radius 1 is 1.00 bits per heavy atom. The summed E-state index contributed by atoms with van der Waals surface area (Å²) < 4.78 is 10.6. The van der Waals surface area contributed by atoms with E-state index in [1.54, 1.807) is 30.3 Å². The van der Waals surface area contributed by atoms with Gasteiger partial charge in [-0.1, -0.05) is 12.1 Å². The lowest BCUT2D eigenvalue weighted by Crippen LogP contribution is -2.08. The maximum absolute atomic E-state index is 12.2. The van der Waals surface area contributed by atoms with Crippen molar-refractivity contribution in [3.05, 3.63) is 62.9 Å². The molecule has 4 rings (SSSR count). The molecule has 22 heavy (non-hydrogen) atoms. The highest BCUT2D eigenvalue weighted by Gasteiger charge is 2.15. The molecule has 0 saturated heterocycles. The maximum atomic E-state index is 12.2. The third-order valence-electron chi connectivity index (χ3n) is 3.48. The van der Waals surface area contributed by atoms with Gasteiger partial charge in [0, 0.05) is 5.69 Å². The van der Waals surface area contributed by atoms with Crippen molar-refractivity contribution >= 4 is 21.9 Å². The number of rotatable bonds is 1. The summed E-state index contributed by atoms with van der Waals surface area (Å²) in [6.07, 6.45) is 0. The lowest BCUT2D eigenvalue weighted by Gasteiger charge is -2.02. The van der Waals surface area contributed by atoms with Crippen LogP contribution in [-0.2, 0) is 0 Å². The van der Waals surface area contributed by atoms with Gasteiger partial charge >= 0.3 is 11.3 Å². The fourth-order valence-corrected chi connectivity index (χ4v) is 2.46. The first-order chi connectivity index (χ1) is 10.6. The second-order valence-corrected chi connectivity index (χ2v) is 5.01. The number of hydrogen-bond donors (Lipinski definition) is 1. The molecule has 0 saturated carbocycles. The van der Waals surface area contributed by atoms with Crippen LogP contribution in [0.1, 0.15) is 5.69 Å². The Balaban J connectivity index is 2.15. The number of hydrogen-bond acceptors (Lipinski definition) is 5. The zero-order valence-corrected chi connectivity index (χ0v) is 11.5. The van der Waals surface area contributed by atoms with E-state index in [9.17, 15) is 9.59 Å². The molecular weight excluding hydrogens is 284 g/mol. The van der Waals surface area contributed by atoms with Crippen LogP contribution >= 0.6 is 0 Å². The van der Waals surface area contributed by atoms with Crippen molar-refractivity contribution in [3.63, 3.8) is 0 Å². The molecular formula is C16H10N2O4. The lowest BCUT2D eigenvalue weighted by atomic mass is 10.1. The van der Waals surface area contributed by atoms with Gasteiger partial charge in [0.05, 0.1) is 16.6 Å². The smallest absolute Gasteiger partial charge is 0.347 e. The van der Waals surface area contributed by atoms with E-state index in [4.69, 9.17) is 8.83 Å². The van der Waals surface area contributed by atoms with Crippen molar-refractivity contribution in [2.45, 2.75) is 6.92 Å². The molecule has 0 bridgehead atoms. The number of benzene rings is 1. The van der Waals surface area contributed by atoms with Crippen LogP contribution < -0.4 is 11.3 Å². The fourth-order valence-electron chi connectivity index (χ4n) is 2.46. The number of aryl methyl sites for hydroxylation is 1. The number of fused-ring (bicyclic) bond motifs is 3. The van der Waals surface area contributed by atoms with Gasteiger partial charge < -0.3 is 8.83 Å². The van der Waals surface area contributed by atoms with Crippen LogP contribution in [0.15, 0.2) is 54.8 Å².